The average molecular weight is 390 g/mol. The summed E-state index contributed by atoms with van der Waals surface area (Å²) in [4.78, 5) is 24.3. The fourth-order valence-corrected chi connectivity index (χ4v) is 2.79. The standard InChI is InChI=1S/C23H22N2O4/c26-22(18-7-11-20(12-8-18)29-15-17-3-4-17)24-14-16-5-9-19(10-6-16)25-23(27)21-2-1-13-28-21/h1-2,5-13,17H,3-4,14-15H2,(H,24,26)(H,25,27). The molecular formula is C23H22N2O4. The average Bonchev–Trinajstić information content (AvgIpc) is 3.42. The molecule has 0 bridgehead atoms. The maximum absolute atomic E-state index is 12.3. The smallest absolute Gasteiger partial charge is 0.291 e. The third kappa shape index (κ3) is 5.25. The number of hydrogen-bond acceptors (Lipinski definition) is 4. The molecule has 2 N–H and O–H groups in total. The van der Waals surface area contributed by atoms with Gasteiger partial charge in [-0.2, -0.15) is 0 Å². The largest absolute Gasteiger partial charge is 0.493 e. The summed E-state index contributed by atoms with van der Waals surface area (Å²) in [5.41, 5.74) is 2.17. The number of nitrogens with one attached hydrogen (secondary N) is 2. The second kappa shape index (κ2) is 8.65. The summed E-state index contributed by atoms with van der Waals surface area (Å²) in [6, 6.07) is 17.7. The van der Waals surface area contributed by atoms with E-state index in [1.165, 1.54) is 19.1 Å². The van der Waals surface area contributed by atoms with Crippen LogP contribution < -0.4 is 15.4 Å². The van der Waals surface area contributed by atoms with E-state index in [9.17, 15) is 9.59 Å². The maximum atomic E-state index is 12.3. The van der Waals surface area contributed by atoms with E-state index in [-0.39, 0.29) is 17.6 Å². The number of ether oxygens (including phenoxy) is 1. The predicted molar refractivity (Wildman–Crippen MR) is 109 cm³/mol. The summed E-state index contributed by atoms with van der Waals surface area (Å²) in [7, 11) is 0. The molecule has 2 aromatic carbocycles. The molecule has 4 rings (SSSR count). The zero-order valence-electron chi connectivity index (χ0n) is 15.9. The molecule has 148 valence electrons. The van der Waals surface area contributed by atoms with Gasteiger partial charge in [0, 0.05) is 17.8 Å². The van der Waals surface area contributed by atoms with E-state index in [1.54, 1.807) is 36.4 Å². The van der Waals surface area contributed by atoms with Crippen LogP contribution in [0.1, 0.15) is 39.3 Å². The highest BCUT2D eigenvalue weighted by Crippen LogP contribution is 2.29. The molecule has 1 saturated carbocycles. The van der Waals surface area contributed by atoms with Crippen LogP contribution in [0, 0.1) is 5.92 Å². The molecular weight excluding hydrogens is 368 g/mol. The van der Waals surface area contributed by atoms with Crippen molar-refractivity contribution < 1.29 is 18.7 Å². The Morgan fingerprint density at radius 3 is 2.38 bits per heavy atom. The molecule has 0 unspecified atom stereocenters. The van der Waals surface area contributed by atoms with Gasteiger partial charge in [-0.25, -0.2) is 0 Å². The Hall–Kier alpha value is -3.54. The number of amides is 2. The summed E-state index contributed by atoms with van der Waals surface area (Å²) in [5, 5.41) is 5.65. The number of carbonyl (C=O) groups is 2. The molecule has 1 fully saturated rings. The summed E-state index contributed by atoms with van der Waals surface area (Å²) in [6.45, 7) is 1.15. The lowest BCUT2D eigenvalue weighted by atomic mass is 10.1. The molecule has 3 aromatic rings. The van der Waals surface area contributed by atoms with E-state index in [1.807, 2.05) is 24.3 Å². The third-order valence-corrected chi connectivity index (χ3v) is 4.71. The third-order valence-electron chi connectivity index (χ3n) is 4.71. The van der Waals surface area contributed by atoms with E-state index >= 15 is 0 Å². The molecule has 0 radical (unpaired) electrons. The van der Waals surface area contributed by atoms with Crippen molar-refractivity contribution in [3.05, 3.63) is 83.8 Å². The quantitative estimate of drug-likeness (QED) is 0.603. The Bertz CT molecular complexity index is 959. The zero-order valence-corrected chi connectivity index (χ0v) is 15.9. The van der Waals surface area contributed by atoms with Crippen molar-refractivity contribution in [1.82, 2.24) is 5.32 Å². The second-order valence-electron chi connectivity index (χ2n) is 7.09. The lowest BCUT2D eigenvalue weighted by Crippen LogP contribution is -2.22. The lowest BCUT2D eigenvalue weighted by molar-refractivity contribution is 0.0949. The van der Waals surface area contributed by atoms with Crippen molar-refractivity contribution >= 4 is 17.5 Å². The first-order valence-electron chi connectivity index (χ1n) is 9.62. The van der Waals surface area contributed by atoms with Crippen LogP contribution in [0.25, 0.3) is 0 Å². The molecule has 0 aliphatic heterocycles. The topological polar surface area (TPSA) is 80.6 Å². The van der Waals surface area contributed by atoms with Crippen molar-refractivity contribution in [1.29, 1.82) is 0 Å². The van der Waals surface area contributed by atoms with Gasteiger partial charge in [0.2, 0.25) is 0 Å². The van der Waals surface area contributed by atoms with Crippen molar-refractivity contribution in [3.8, 4) is 5.75 Å². The summed E-state index contributed by atoms with van der Waals surface area (Å²) in [5.74, 6) is 1.29. The fourth-order valence-electron chi connectivity index (χ4n) is 2.79. The van der Waals surface area contributed by atoms with Crippen molar-refractivity contribution in [2.45, 2.75) is 19.4 Å². The highest BCUT2D eigenvalue weighted by molar-refractivity contribution is 6.02. The minimum absolute atomic E-state index is 0.144. The molecule has 6 heteroatoms. The summed E-state index contributed by atoms with van der Waals surface area (Å²) in [6.07, 6.45) is 3.95. The van der Waals surface area contributed by atoms with Gasteiger partial charge >= 0.3 is 0 Å². The van der Waals surface area contributed by atoms with Gasteiger partial charge in [0.25, 0.3) is 11.8 Å². The number of rotatable bonds is 8. The van der Waals surface area contributed by atoms with Crippen molar-refractivity contribution in [2.24, 2.45) is 5.92 Å². The molecule has 6 nitrogen and oxygen atoms in total. The maximum Gasteiger partial charge on any atom is 0.291 e. The van der Waals surface area contributed by atoms with Crippen LogP contribution in [0.15, 0.2) is 71.3 Å². The molecule has 1 aliphatic carbocycles. The van der Waals surface area contributed by atoms with Gasteiger partial charge in [-0.1, -0.05) is 12.1 Å². The van der Waals surface area contributed by atoms with E-state index < -0.39 is 0 Å². The van der Waals surface area contributed by atoms with Gasteiger partial charge in [0.15, 0.2) is 5.76 Å². The van der Waals surface area contributed by atoms with Gasteiger partial charge in [-0.15, -0.1) is 0 Å². The van der Waals surface area contributed by atoms with Gasteiger partial charge in [0.05, 0.1) is 12.9 Å². The van der Waals surface area contributed by atoms with Crippen molar-refractivity contribution in [2.75, 3.05) is 11.9 Å². The minimum Gasteiger partial charge on any atom is -0.493 e. The van der Waals surface area contributed by atoms with E-state index in [0.29, 0.717) is 23.7 Å². The summed E-state index contributed by atoms with van der Waals surface area (Å²) < 4.78 is 10.8. The Morgan fingerprint density at radius 1 is 0.966 bits per heavy atom. The first-order valence-corrected chi connectivity index (χ1v) is 9.62. The first-order chi connectivity index (χ1) is 14.2. The van der Waals surface area contributed by atoms with Crippen LogP contribution in [0.2, 0.25) is 0 Å². The summed E-state index contributed by atoms with van der Waals surface area (Å²) >= 11 is 0. The zero-order chi connectivity index (χ0) is 20.1. The molecule has 2 amide bonds. The van der Waals surface area contributed by atoms with Crippen LogP contribution in [-0.2, 0) is 6.54 Å². The molecule has 0 atom stereocenters. The van der Waals surface area contributed by atoms with Crippen molar-refractivity contribution in [3.63, 3.8) is 0 Å². The lowest BCUT2D eigenvalue weighted by Gasteiger charge is -2.09. The van der Waals surface area contributed by atoms with E-state index in [4.69, 9.17) is 9.15 Å². The minimum atomic E-state index is -0.305. The Morgan fingerprint density at radius 2 is 1.72 bits per heavy atom. The molecule has 1 heterocycles. The fraction of sp³-hybridized carbons (Fsp3) is 0.217. The monoisotopic (exact) mass is 390 g/mol. The second-order valence-corrected chi connectivity index (χ2v) is 7.09. The molecule has 29 heavy (non-hydrogen) atoms. The molecule has 1 aromatic heterocycles. The Kier molecular flexibility index (Phi) is 5.61. The van der Waals surface area contributed by atoms with Crippen LogP contribution in [0.3, 0.4) is 0 Å². The van der Waals surface area contributed by atoms with Gasteiger partial charge in [-0.05, 0) is 72.9 Å². The Labute approximate surface area is 168 Å². The van der Waals surface area contributed by atoms with Gasteiger partial charge in [-0.3, -0.25) is 9.59 Å². The molecule has 1 aliphatic rings. The van der Waals surface area contributed by atoms with Crippen LogP contribution in [0.5, 0.6) is 5.75 Å². The number of furan rings is 1. The van der Waals surface area contributed by atoms with Gasteiger partial charge < -0.3 is 19.8 Å². The number of anilines is 1. The van der Waals surface area contributed by atoms with Crippen LogP contribution in [-0.4, -0.2) is 18.4 Å². The number of benzene rings is 2. The van der Waals surface area contributed by atoms with E-state index in [2.05, 4.69) is 10.6 Å². The normalized spacial score (nSPS) is 13.0. The highest BCUT2D eigenvalue weighted by Gasteiger charge is 2.21. The first kappa shape index (κ1) is 18.8. The number of carbonyl (C=O) groups excluding carboxylic acids is 2. The molecule has 0 saturated heterocycles. The predicted octanol–water partition coefficient (Wildman–Crippen LogP) is 4.25. The van der Waals surface area contributed by atoms with Gasteiger partial charge in [0.1, 0.15) is 5.75 Å². The van der Waals surface area contributed by atoms with E-state index in [0.717, 1.165) is 17.9 Å². The highest BCUT2D eigenvalue weighted by atomic mass is 16.5. The van der Waals surface area contributed by atoms with Crippen LogP contribution >= 0.6 is 0 Å². The number of hydrogen-bond donors (Lipinski definition) is 2. The SMILES string of the molecule is O=C(NCc1ccc(NC(=O)c2ccco2)cc1)c1ccc(OCC2CC2)cc1. The van der Waals surface area contributed by atoms with Crippen LogP contribution in [0.4, 0.5) is 5.69 Å². The Balaban J connectivity index is 1.25. The molecule has 0 spiro atoms.